The maximum Gasteiger partial charge on any atom is 0.258 e. The van der Waals surface area contributed by atoms with Crippen molar-refractivity contribution >= 4 is 27.5 Å². The summed E-state index contributed by atoms with van der Waals surface area (Å²) >= 11 is 0. The van der Waals surface area contributed by atoms with Gasteiger partial charge in [0.1, 0.15) is 0 Å². The average Bonchev–Trinajstić information content (AvgIpc) is 2.73. The van der Waals surface area contributed by atoms with Gasteiger partial charge in [0.15, 0.2) is 0 Å². The number of allylic oxidation sites excluding steroid dienone is 1. The van der Waals surface area contributed by atoms with Gasteiger partial charge in [0, 0.05) is 26.2 Å². The number of nitrogens with one attached hydrogen (secondary N) is 1. The molecule has 0 spiro atoms. The number of aryl methyl sites for hydroxylation is 1. The molecule has 148 valence electrons. The Morgan fingerprint density at radius 3 is 2.43 bits per heavy atom. The Morgan fingerprint density at radius 2 is 1.64 bits per heavy atom. The predicted molar refractivity (Wildman–Crippen MR) is 116 cm³/mol. The van der Waals surface area contributed by atoms with Crippen molar-refractivity contribution in [3.05, 3.63) is 64.6 Å². The summed E-state index contributed by atoms with van der Waals surface area (Å²) in [5.41, 5.74) is 3.82. The second-order valence-electron chi connectivity index (χ2n) is 7.35. The number of benzene rings is 2. The Bertz CT molecular complexity index is 977. The molecule has 1 heterocycles. The molecule has 6 heteroatoms. The SMILES string of the molecule is CCN1CCN(c2ccccc2NS(=O)(=O)C2=Cc3ccccc3CC2)CC1. The maximum absolute atomic E-state index is 13.1. The minimum absolute atomic E-state index is 0.455. The van der Waals surface area contributed by atoms with Crippen LogP contribution in [0.3, 0.4) is 0 Å². The molecule has 0 bridgehead atoms. The van der Waals surface area contributed by atoms with Crippen molar-refractivity contribution in [2.75, 3.05) is 42.3 Å². The van der Waals surface area contributed by atoms with Crippen LogP contribution in [0.1, 0.15) is 24.5 Å². The van der Waals surface area contributed by atoms with Crippen molar-refractivity contribution < 1.29 is 8.42 Å². The zero-order valence-corrected chi connectivity index (χ0v) is 17.1. The lowest BCUT2D eigenvalue weighted by atomic mass is 9.98. The molecule has 0 amide bonds. The molecule has 4 rings (SSSR count). The summed E-state index contributed by atoms with van der Waals surface area (Å²) in [6.45, 7) is 7.04. The third-order valence-corrected chi connectivity index (χ3v) is 7.17. The number of hydrogen-bond donors (Lipinski definition) is 1. The molecule has 5 nitrogen and oxygen atoms in total. The Kier molecular flexibility index (Phi) is 5.42. The quantitative estimate of drug-likeness (QED) is 0.838. The molecule has 0 saturated carbocycles. The van der Waals surface area contributed by atoms with Crippen LogP contribution in [0.4, 0.5) is 11.4 Å². The summed E-state index contributed by atoms with van der Waals surface area (Å²) in [6, 6.07) is 15.7. The number of piperazine rings is 1. The van der Waals surface area contributed by atoms with Gasteiger partial charge < -0.3 is 9.80 Å². The normalized spacial score (nSPS) is 17.8. The summed E-state index contributed by atoms with van der Waals surface area (Å²) in [7, 11) is -3.58. The highest BCUT2D eigenvalue weighted by Gasteiger charge is 2.24. The number of sulfonamides is 1. The van der Waals surface area contributed by atoms with E-state index >= 15 is 0 Å². The third-order valence-electron chi connectivity index (χ3n) is 5.67. The molecule has 1 fully saturated rings. The van der Waals surface area contributed by atoms with E-state index in [1.807, 2.05) is 48.5 Å². The molecule has 2 aromatic carbocycles. The van der Waals surface area contributed by atoms with E-state index in [1.54, 1.807) is 0 Å². The standard InChI is InChI=1S/C22H27N3O2S/c1-2-24-13-15-25(16-14-24)22-10-6-5-9-21(22)23-28(26,27)20-12-11-18-7-3-4-8-19(18)17-20/h3-10,17,23H,2,11-16H2,1H3. The first-order chi connectivity index (χ1) is 13.6. The molecule has 2 aromatic rings. The number of hydrogen-bond acceptors (Lipinski definition) is 4. The van der Waals surface area contributed by atoms with Crippen LogP contribution in [0.15, 0.2) is 53.4 Å². The summed E-state index contributed by atoms with van der Waals surface area (Å²) in [5, 5.41) is 0. The van der Waals surface area contributed by atoms with Crippen LogP contribution < -0.4 is 9.62 Å². The van der Waals surface area contributed by atoms with Gasteiger partial charge >= 0.3 is 0 Å². The summed E-state index contributed by atoms with van der Waals surface area (Å²) in [6.07, 6.45) is 3.09. The van der Waals surface area contributed by atoms with Gasteiger partial charge in [0.25, 0.3) is 10.0 Å². The summed E-state index contributed by atoms with van der Waals surface area (Å²) in [4.78, 5) is 5.14. The highest BCUT2D eigenvalue weighted by Crippen LogP contribution is 2.32. The van der Waals surface area contributed by atoms with E-state index in [2.05, 4.69) is 27.5 Å². The highest BCUT2D eigenvalue weighted by molar-refractivity contribution is 7.96. The lowest BCUT2D eigenvalue weighted by Gasteiger charge is -2.36. The van der Waals surface area contributed by atoms with E-state index < -0.39 is 10.0 Å². The van der Waals surface area contributed by atoms with Crippen molar-refractivity contribution in [1.29, 1.82) is 0 Å². The molecule has 28 heavy (non-hydrogen) atoms. The average molecular weight is 398 g/mol. The molecule has 0 atom stereocenters. The highest BCUT2D eigenvalue weighted by atomic mass is 32.2. The van der Waals surface area contributed by atoms with Crippen LogP contribution in [-0.4, -0.2) is 46.0 Å². The van der Waals surface area contributed by atoms with Crippen LogP contribution in [-0.2, 0) is 16.4 Å². The van der Waals surface area contributed by atoms with Gasteiger partial charge in [-0.1, -0.05) is 43.3 Å². The Hall–Kier alpha value is -2.31. The van der Waals surface area contributed by atoms with E-state index in [0.29, 0.717) is 17.0 Å². The van der Waals surface area contributed by atoms with Gasteiger partial charge in [0.2, 0.25) is 0 Å². The number of fused-ring (bicyclic) bond motifs is 1. The van der Waals surface area contributed by atoms with Crippen LogP contribution in [0.25, 0.3) is 6.08 Å². The Labute approximate surface area is 167 Å². The van der Waals surface area contributed by atoms with Crippen LogP contribution >= 0.6 is 0 Å². The van der Waals surface area contributed by atoms with E-state index in [-0.39, 0.29) is 0 Å². The Balaban J connectivity index is 1.57. The second kappa shape index (κ2) is 7.97. The maximum atomic E-state index is 13.1. The van der Waals surface area contributed by atoms with Crippen molar-refractivity contribution in [2.24, 2.45) is 0 Å². The molecule has 1 aliphatic heterocycles. The molecule has 1 aliphatic carbocycles. The van der Waals surface area contributed by atoms with E-state index in [1.165, 1.54) is 5.56 Å². The fraction of sp³-hybridized carbons (Fsp3) is 0.364. The Morgan fingerprint density at radius 1 is 0.929 bits per heavy atom. The zero-order chi connectivity index (χ0) is 19.6. The van der Waals surface area contributed by atoms with Crippen molar-refractivity contribution in [3.8, 4) is 0 Å². The molecular weight excluding hydrogens is 370 g/mol. The van der Waals surface area contributed by atoms with Crippen molar-refractivity contribution in [1.82, 2.24) is 4.90 Å². The van der Waals surface area contributed by atoms with Gasteiger partial charge in [-0.3, -0.25) is 4.72 Å². The van der Waals surface area contributed by atoms with E-state index in [9.17, 15) is 8.42 Å². The lowest BCUT2D eigenvalue weighted by Crippen LogP contribution is -2.46. The van der Waals surface area contributed by atoms with Gasteiger partial charge in [-0.15, -0.1) is 0 Å². The zero-order valence-electron chi connectivity index (χ0n) is 16.3. The molecule has 1 N–H and O–H groups in total. The first-order valence-electron chi connectivity index (χ1n) is 9.94. The first kappa shape index (κ1) is 19.0. The first-order valence-corrected chi connectivity index (χ1v) is 11.4. The lowest BCUT2D eigenvalue weighted by molar-refractivity contribution is 0.271. The fourth-order valence-corrected chi connectivity index (χ4v) is 5.22. The predicted octanol–water partition coefficient (Wildman–Crippen LogP) is 3.56. The number of rotatable bonds is 5. The second-order valence-corrected chi connectivity index (χ2v) is 9.09. The van der Waals surface area contributed by atoms with E-state index in [4.69, 9.17) is 0 Å². The molecular formula is C22H27N3O2S. The fourth-order valence-electron chi connectivity index (χ4n) is 3.97. The van der Waals surface area contributed by atoms with Crippen LogP contribution in [0, 0.1) is 0 Å². The molecule has 1 saturated heterocycles. The smallest absolute Gasteiger partial charge is 0.258 e. The van der Waals surface area contributed by atoms with E-state index in [0.717, 1.165) is 50.4 Å². The third kappa shape index (κ3) is 3.93. The molecule has 0 radical (unpaired) electrons. The van der Waals surface area contributed by atoms with Gasteiger partial charge in [0.05, 0.1) is 16.3 Å². The number of anilines is 2. The number of likely N-dealkylation sites (N-methyl/N-ethyl adjacent to an activating group) is 1. The number of nitrogens with zero attached hydrogens (tertiary/aromatic N) is 2. The minimum atomic E-state index is -3.58. The number of para-hydroxylation sites is 2. The topological polar surface area (TPSA) is 52.6 Å². The van der Waals surface area contributed by atoms with Crippen molar-refractivity contribution in [3.63, 3.8) is 0 Å². The van der Waals surface area contributed by atoms with Crippen LogP contribution in [0.5, 0.6) is 0 Å². The summed E-state index contributed by atoms with van der Waals surface area (Å²) < 4.78 is 29.0. The molecule has 0 aromatic heterocycles. The summed E-state index contributed by atoms with van der Waals surface area (Å²) in [5.74, 6) is 0. The molecule has 0 unspecified atom stereocenters. The van der Waals surface area contributed by atoms with Gasteiger partial charge in [-0.25, -0.2) is 8.42 Å². The molecule has 2 aliphatic rings. The van der Waals surface area contributed by atoms with Crippen molar-refractivity contribution in [2.45, 2.75) is 19.8 Å². The van der Waals surface area contributed by atoms with Gasteiger partial charge in [-0.2, -0.15) is 0 Å². The van der Waals surface area contributed by atoms with Gasteiger partial charge in [-0.05, 0) is 48.7 Å². The van der Waals surface area contributed by atoms with Crippen LogP contribution in [0.2, 0.25) is 0 Å². The monoisotopic (exact) mass is 397 g/mol. The minimum Gasteiger partial charge on any atom is -0.367 e. The largest absolute Gasteiger partial charge is 0.367 e.